The fraction of sp³-hybridized carbons (Fsp3) is 0. The van der Waals surface area contributed by atoms with Gasteiger partial charge in [0.25, 0.3) is 15.7 Å². The molecule has 0 radical (unpaired) electrons. The zero-order valence-electron chi connectivity index (χ0n) is 17.2. The van der Waals surface area contributed by atoms with Gasteiger partial charge in [0.1, 0.15) is 11.5 Å². The molecular weight excluding hydrogens is 464 g/mol. The molecule has 3 aromatic carbocycles. The average Bonchev–Trinajstić information content (AvgIpc) is 3.21. The minimum Gasteiger partial charge on any atom is -0.507 e. The number of amides is 1. The van der Waals surface area contributed by atoms with Crippen LogP contribution >= 0.6 is 0 Å². The van der Waals surface area contributed by atoms with Crippen LogP contribution in [0.1, 0.15) is 15.9 Å². The second-order valence-electron chi connectivity index (χ2n) is 6.74. The maximum absolute atomic E-state index is 12.8. The molecule has 0 aliphatic rings. The second kappa shape index (κ2) is 9.42. The summed E-state index contributed by atoms with van der Waals surface area (Å²) in [4.78, 5) is 11.7. The van der Waals surface area contributed by atoms with Crippen LogP contribution in [0.2, 0.25) is 0 Å². The van der Waals surface area contributed by atoms with Gasteiger partial charge in [-0.3, -0.25) is 9.42 Å². The van der Waals surface area contributed by atoms with Gasteiger partial charge < -0.3 is 15.1 Å². The van der Waals surface area contributed by atoms with Crippen molar-refractivity contribution in [3.05, 3.63) is 95.2 Å². The van der Waals surface area contributed by atoms with E-state index in [9.17, 15) is 23.5 Å². The van der Waals surface area contributed by atoms with E-state index in [2.05, 4.69) is 20.3 Å². The minimum absolute atomic E-state index is 0.0767. The number of phenolic OH excluding ortho intramolecular Hbond substituents is 1. The molecule has 1 amide bonds. The van der Waals surface area contributed by atoms with E-state index in [0.717, 1.165) is 0 Å². The highest BCUT2D eigenvalue weighted by molar-refractivity contribution is 7.91. The van der Waals surface area contributed by atoms with Crippen molar-refractivity contribution in [3.8, 4) is 17.4 Å². The van der Waals surface area contributed by atoms with Gasteiger partial charge in [-0.2, -0.15) is 5.10 Å². The highest BCUT2D eigenvalue weighted by Gasteiger charge is 2.36. The van der Waals surface area contributed by atoms with Gasteiger partial charge >= 0.3 is 10.9 Å². The number of hydrogen-bond donors (Lipinski definition) is 2. The first-order chi connectivity index (χ1) is 16.4. The summed E-state index contributed by atoms with van der Waals surface area (Å²) >= 11 is 0. The topological polar surface area (TPSA) is 158 Å². The lowest BCUT2D eigenvalue weighted by Gasteiger charge is -2.04. The molecule has 0 bridgehead atoms. The number of nitrogens with zero attached hydrogens (tertiary/aromatic N) is 3. The molecule has 12 heteroatoms. The summed E-state index contributed by atoms with van der Waals surface area (Å²) in [5, 5.41) is 28.1. The van der Waals surface area contributed by atoms with Gasteiger partial charge in [-0.05, 0) is 59.0 Å². The standard InChI is InChI=1S/C22H16N4O7S/c27-19-9-5-4-8-18(19)20(28)24-23-14-15-10-12-16(13-11-15)32-21-22(26(29)33-25-21)34(30,31)17-6-2-1-3-7-17/h1-14,27H,(H,24,28)/b23-14+. The Morgan fingerprint density at radius 1 is 1.06 bits per heavy atom. The SMILES string of the molecule is O=C(N/N=C/c1ccc(Oc2no[n+]([O-])c2S(=O)(=O)c2ccccc2)cc1)c1ccccc1O. The molecule has 34 heavy (non-hydrogen) atoms. The van der Waals surface area contributed by atoms with Crippen LogP contribution < -0.4 is 15.1 Å². The molecule has 0 saturated carbocycles. The number of aromatic nitrogens is 2. The third-order valence-corrected chi connectivity index (χ3v) is 6.20. The summed E-state index contributed by atoms with van der Waals surface area (Å²) in [5.41, 5.74) is 2.95. The lowest BCUT2D eigenvalue weighted by atomic mass is 10.2. The Morgan fingerprint density at radius 2 is 1.74 bits per heavy atom. The highest BCUT2D eigenvalue weighted by Crippen LogP contribution is 2.28. The largest absolute Gasteiger partial charge is 0.507 e. The molecule has 0 unspecified atom stereocenters. The number of para-hydroxylation sites is 1. The predicted molar refractivity (Wildman–Crippen MR) is 117 cm³/mol. The van der Waals surface area contributed by atoms with Crippen molar-refractivity contribution in [2.45, 2.75) is 9.92 Å². The van der Waals surface area contributed by atoms with Crippen LogP contribution in [0, 0.1) is 5.21 Å². The summed E-state index contributed by atoms with van der Waals surface area (Å²) in [6, 6.07) is 19.5. The van der Waals surface area contributed by atoms with E-state index in [0.29, 0.717) is 5.56 Å². The molecule has 0 saturated heterocycles. The number of nitrogens with one attached hydrogen (secondary N) is 1. The number of benzene rings is 3. The normalized spacial score (nSPS) is 11.4. The summed E-state index contributed by atoms with van der Waals surface area (Å²) < 4.78 is 35.5. The van der Waals surface area contributed by atoms with Crippen molar-refractivity contribution in [2.75, 3.05) is 0 Å². The molecule has 0 aliphatic heterocycles. The first kappa shape index (κ1) is 22.5. The van der Waals surface area contributed by atoms with Gasteiger partial charge in [-0.15, -0.1) is 0 Å². The molecule has 0 aliphatic carbocycles. The Hall–Kier alpha value is -4.71. The number of aromatic hydroxyl groups is 1. The fourth-order valence-electron chi connectivity index (χ4n) is 2.84. The van der Waals surface area contributed by atoms with Crippen LogP contribution in [0.5, 0.6) is 17.4 Å². The van der Waals surface area contributed by atoms with Crippen molar-refractivity contribution in [2.24, 2.45) is 5.10 Å². The van der Waals surface area contributed by atoms with Crippen LogP contribution in [0.25, 0.3) is 0 Å². The number of phenols is 1. The second-order valence-corrected chi connectivity index (χ2v) is 8.61. The van der Waals surface area contributed by atoms with Gasteiger partial charge in [0.05, 0.1) is 21.8 Å². The van der Waals surface area contributed by atoms with Crippen molar-refractivity contribution < 1.29 is 32.6 Å². The van der Waals surface area contributed by atoms with Crippen molar-refractivity contribution in [3.63, 3.8) is 0 Å². The number of ether oxygens (including phenoxy) is 1. The van der Waals surface area contributed by atoms with Crippen molar-refractivity contribution in [1.82, 2.24) is 10.6 Å². The monoisotopic (exact) mass is 480 g/mol. The Labute approximate surface area is 193 Å². The van der Waals surface area contributed by atoms with Gasteiger partial charge in [0.15, 0.2) is 0 Å². The Morgan fingerprint density at radius 3 is 2.44 bits per heavy atom. The number of hydrazone groups is 1. The van der Waals surface area contributed by atoms with E-state index in [1.54, 1.807) is 30.3 Å². The molecule has 4 aromatic rings. The van der Waals surface area contributed by atoms with E-state index >= 15 is 0 Å². The molecular formula is C22H16N4O7S. The molecule has 0 atom stereocenters. The molecule has 4 rings (SSSR count). The smallest absolute Gasteiger partial charge is 0.420 e. The predicted octanol–water partition coefficient (Wildman–Crippen LogP) is 2.40. The Bertz CT molecular complexity index is 1450. The quantitative estimate of drug-likeness (QED) is 0.232. The maximum Gasteiger partial charge on any atom is 0.420 e. The first-order valence-corrected chi connectivity index (χ1v) is 11.1. The van der Waals surface area contributed by atoms with E-state index in [1.165, 1.54) is 54.7 Å². The van der Waals surface area contributed by atoms with Gasteiger partial charge in [0.2, 0.25) is 0 Å². The molecule has 1 heterocycles. The maximum atomic E-state index is 12.8. The van der Waals surface area contributed by atoms with Crippen LogP contribution in [-0.2, 0) is 9.84 Å². The molecule has 1 aromatic heterocycles. The van der Waals surface area contributed by atoms with E-state index < -0.39 is 26.7 Å². The van der Waals surface area contributed by atoms with E-state index in [4.69, 9.17) is 4.74 Å². The molecule has 0 spiro atoms. The average molecular weight is 480 g/mol. The summed E-state index contributed by atoms with van der Waals surface area (Å²) in [7, 11) is -4.24. The van der Waals surface area contributed by atoms with Crippen molar-refractivity contribution in [1.29, 1.82) is 0 Å². The third kappa shape index (κ3) is 4.71. The van der Waals surface area contributed by atoms with Gasteiger partial charge in [0, 0.05) is 0 Å². The highest BCUT2D eigenvalue weighted by atomic mass is 32.2. The zero-order chi connectivity index (χ0) is 24.1. The molecule has 2 N–H and O–H groups in total. The number of carbonyl (C=O) groups excluding carboxylic acids is 1. The van der Waals surface area contributed by atoms with Crippen LogP contribution in [-0.4, -0.2) is 30.8 Å². The Kier molecular flexibility index (Phi) is 6.23. The lowest BCUT2D eigenvalue weighted by molar-refractivity contribution is -0.832. The van der Waals surface area contributed by atoms with Crippen molar-refractivity contribution >= 4 is 22.0 Å². The lowest BCUT2D eigenvalue weighted by Crippen LogP contribution is -2.30. The van der Waals surface area contributed by atoms with Crippen LogP contribution in [0.4, 0.5) is 0 Å². The van der Waals surface area contributed by atoms with E-state index in [-0.39, 0.29) is 26.9 Å². The minimum atomic E-state index is -4.24. The third-order valence-electron chi connectivity index (χ3n) is 4.48. The summed E-state index contributed by atoms with van der Waals surface area (Å²) in [6.07, 6.45) is 1.36. The fourth-order valence-corrected chi connectivity index (χ4v) is 4.12. The molecule has 11 nitrogen and oxygen atoms in total. The van der Waals surface area contributed by atoms with Crippen LogP contribution in [0.15, 0.2) is 98.5 Å². The number of carbonyl (C=O) groups is 1. The number of rotatable bonds is 7. The zero-order valence-corrected chi connectivity index (χ0v) is 18.0. The van der Waals surface area contributed by atoms with E-state index in [1.807, 2.05) is 0 Å². The van der Waals surface area contributed by atoms with Crippen LogP contribution in [0.3, 0.4) is 0 Å². The summed E-state index contributed by atoms with van der Waals surface area (Å²) in [5.74, 6) is -1.10. The Balaban J connectivity index is 1.46. The summed E-state index contributed by atoms with van der Waals surface area (Å²) in [6.45, 7) is 0. The molecule has 172 valence electrons. The van der Waals surface area contributed by atoms with Gasteiger partial charge in [-0.25, -0.2) is 13.8 Å². The number of hydrogen-bond acceptors (Lipinski definition) is 9. The molecule has 0 fully saturated rings. The first-order valence-electron chi connectivity index (χ1n) is 9.65. The van der Waals surface area contributed by atoms with Gasteiger partial charge in [-0.1, -0.05) is 30.3 Å². The number of sulfone groups is 1.